The summed E-state index contributed by atoms with van der Waals surface area (Å²) in [7, 11) is 0. The predicted molar refractivity (Wildman–Crippen MR) is 90.6 cm³/mol. The molecule has 2 aliphatic rings. The predicted octanol–water partition coefficient (Wildman–Crippen LogP) is 1.09. The fourth-order valence-corrected chi connectivity index (χ4v) is 3.22. The number of benzene rings is 1. The Bertz CT molecular complexity index is 621. The van der Waals surface area contributed by atoms with E-state index in [0.29, 0.717) is 6.42 Å². The van der Waals surface area contributed by atoms with E-state index >= 15 is 0 Å². The lowest BCUT2D eigenvalue weighted by atomic mass is 10.1. The third kappa shape index (κ3) is 3.93. The van der Waals surface area contributed by atoms with Gasteiger partial charge in [-0.3, -0.25) is 14.4 Å². The summed E-state index contributed by atoms with van der Waals surface area (Å²) in [4.78, 5) is 39.2. The molecule has 2 saturated heterocycles. The quantitative estimate of drug-likeness (QED) is 0.879. The topological polar surface area (TPSA) is 69.7 Å². The fraction of sp³-hybridized carbons (Fsp3) is 0.500. The van der Waals surface area contributed by atoms with Gasteiger partial charge < -0.3 is 15.1 Å². The third-order valence-electron chi connectivity index (χ3n) is 4.58. The van der Waals surface area contributed by atoms with Crippen LogP contribution < -0.4 is 10.2 Å². The molecule has 6 nitrogen and oxygen atoms in total. The molecule has 2 fully saturated rings. The van der Waals surface area contributed by atoms with E-state index < -0.39 is 0 Å². The third-order valence-corrected chi connectivity index (χ3v) is 4.58. The highest BCUT2D eigenvalue weighted by molar-refractivity contribution is 5.95. The van der Waals surface area contributed by atoms with Crippen LogP contribution in [-0.4, -0.2) is 48.8 Å². The molecule has 1 aromatic rings. The first kappa shape index (κ1) is 16.5. The lowest BCUT2D eigenvalue weighted by Gasteiger charge is -2.16. The smallest absolute Gasteiger partial charge is 0.241 e. The normalized spacial score (nSPS) is 17.4. The van der Waals surface area contributed by atoms with Gasteiger partial charge in [-0.1, -0.05) is 12.1 Å². The number of rotatable bonds is 5. The van der Waals surface area contributed by atoms with Gasteiger partial charge >= 0.3 is 0 Å². The number of anilines is 1. The highest BCUT2D eigenvalue weighted by Crippen LogP contribution is 2.21. The van der Waals surface area contributed by atoms with E-state index in [0.717, 1.165) is 50.1 Å². The van der Waals surface area contributed by atoms with Crippen molar-refractivity contribution in [3.05, 3.63) is 29.8 Å². The van der Waals surface area contributed by atoms with Crippen LogP contribution in [0.5, 0.6) is 0 Å². The molecule has 0 aliphatic carbocycles. The fourth-order valence-electron chi connectivity index (χ4n) is 3.22. The van der Waals surface area contributed by atoms with Crippen molar-refractivity contribution in [3.63, 3.8) is 0 Å². The molecule has 128 valence electrons. The van der Waals surface area contributed by atoms with Gasteiger partial charge in [-0.15, -0.1) is 0 Å². The summed E-state index contributed by atoms with van der Waals surface area (Å²) in [5.74, 6) is -0.0165. The molecule has 2 aliphatic heterocycles. The maximum Gasteiger partial charge on any atom is 0.241 e. The van der Waals surface area contributed by atoms with E-state index in [-0.39, 0.29) is 30.7 Å². The summed E-state index contributed by atoms with van der Waals surface area (Å²) in [6.45, 7) is 2.42. The SMILES string of the molecule is O=C(Cc1ccc(N2CCCC2=O)cc1)NCC(=O)N1CCCC1. The Labute approximate surface area is 141 Å². The first-order chi connectivity index (χ1) is 11.6. The van der Waals surface area contributed by atoms with Gasteiger partial charge in [0.1, 0.15) is 0 Å². The van der Waals surface area contributed by atoms with Crippen LogP contribution >= 0.6 is 0 Å². The van der Waals surface area contributed by atoms with Gasteiger partial charge in [0.25, 0.3) is 0 Å². The Hall–Kier alpha value is -2.37. The molecule has 6 heteroatoms. The second kappa shape index (κ2) is 7.47. The summed E-state index contributed by atoms with van der Waals surface area (Å²) in [5.41, 5.74) is 1.75. The van der Waals surface area contributed by atoms with Gasteiger partial charge in [0.05, 0.1) is 13.0 Å². The number of carbonyl (C=O) groups is 3. The van der Waals surface area contributed by atoms with Crippen LogP contribution in [0, 0.1) is 0 Å². The lowest BCUT2D eigenvalue weighted by Crippen LogP contribution is -2.39. The summed E-state index contributed by atoms with van der Waals surface area (Å²) in [6.07, 6.45) is 3.84. The molecule has 1 N–H and O–H groups in total. The van der Waals surface area contributed by atoms with Crippen LogP contribution in [0.25, 0.3) is 0 Å². The molecule has 0 bridgehead atoms. The van der Waals surface area contributed by atoms with Gasteiger partial charge in [-0.2, -0.15) is 0 Å². The molecule has 24 heavy (non-hydrogen) atoms. The highest BCUT2D eigenvalue weighted by atomic mass is 16.2. The van der Waals surface area contributed by atoms with Crippen LogP contribution in [0.15, 0.2) is 24.3 Å². The van der Waals surface area contributed by atoms with Crippen LogP contribution in [-0.2, 0) is 20.8 Å². The second-order valence-corrected chi connectivity index (χ2v) is 6.36. The number of nitrogens with zero attached hydrogens (tertiary/aromatic N) is 2. The number of carbonyl (C=O) groups excluding carboxylic acids is 3. The maximum absolute atomic E-state index is 12.0. The Morgan fingerprint density at radius 3 is 2.33 bits per heavy atom. The molecule has 0 aromatic heterocycles. The minimum absolute atomic E-state index is 0.0104. The van der Waals surface area contributed by atoms with Crippen molar-refractivity contribution >= 4 is 23.4 Å². The molecule has 0 saturated carbocycles. The monoisotopic (exact) mass is 329 g/mol. The van der Waals surface area contributed by atoms with Crippen molar-refractivity contribution in [2.75, 3.05) is 31.1 Å². The lowest BCUT2D eigenvalue weighted by molar-refractivity contribution is -0.131. The van der Waals surface area contributed by atoms with Crippen LogP contribution in [0.4, 0.5) is 5.69 Å². The van der Waals surface area contributed by atoms with Crippen molar-refractivity contribution in [2.45, 2.75) is 32.1 Å². The Morgan fingerprint density at radius 2 is 1.71 bits per heavy atom. The molecule has 0 spiro atoms. The number of hydrogen-bond donors (Lipinski definition) is 1. The minimum atomic E-state index is -0.160. The summed E-state index contributed by atoms with van der Waals surface area (Å²) >= 11 is 0. The molecule has 3 amide bonds. The zero-order valence-corrected chi connectivity index (χ0v) is 13.8. The molecule has 0 atom stereocenters. The molecule has 2 heterocycles. The average Bonchev–Trinajstić information content (AvgIpc) is 3.25. The van der Waals surface area contributed by atoms with Gasteiger partial charge in [0.15, 0.2) is 0 Å². The zero-order chi connectivity index (χ0) is 16.9. The van der Waals surface area contributed by atoms with E-state index in [1.54, 1.807) is 9.80 Å². The maximum atomic E-state index is 12.0. The van der Waals surface area contributed by atoms with Crippen molar-refractivity contribution in [2.24, 2.45) is 0 Å². The standard InChI is InChI=1S/C18H23N3O3/c22-16(19-13-18(24)20-9-1-2-10-20)12-14-5-7-15(8-6-14)21-11-3-4-17(21)23/h5-8H,1-4,9-13H2,(H,19,22). The first-order valence-electron chi connectivity index (χ1n) is 8.57. The van der Waals surface area contributed by atoms with Gasteiger partial charge in [0.2, 0.25) is 17.7 Å². The van der Waals surface area contributed by atoms with E-state index in [9.17, 15) is 14.4 Å². The van der Waals surface area contributed by atoms with Gasteiger partial charge in [0, 0.05) is 31.7 Å². The molecule has 3 rings (SSSR count). The summed E-state index contributed by atoms with van der Waals surface area (Å²) < 4.78 is 0. The van der Waals surface area contributed by atoms with E-state index in [1.807, 2.05) is 24.3 Å². The largest absolute Gasteiger partial charge is 0.347 e. The van der Waals surface area contributed by atoms with E-state index in [1.165, 1.54) is 0 Å². The zero-order valence-electron chi connectivity index (χ0n) is 13.8. The van der Waals surface area contributed by atoms with Crippen molar-refractivity contribution in [1.29, 1.82) is 0 Å². The average molecular weight is 329 g/mol. The summed E-state index contributed by atoms with van der Waals surface area (Å²) in [5, 5.41) is 2.69. The number of likely N-dealkylation sites (tertiary alicyclic amines) is 1. The minimum Gasteiger partial charge on any atom is -0.347 e. The van der Waals surface area contributed by atoms with E-state index in [2.05, 4.69) is 5.32 Å². The van der Waals surface area contributed by atoms with E-state index in [4.69, 9.17) is 0 Å². The molecular formula is C18H23N3O3. The molecule has 0 radical (unpaired) electrons. The molecule has 0 unspecified atom stereocenters. The number of amides is 3. The van der Waals surface area contributed by atoms with Crippen LogP contribution in [0.2, 0.25) is 0 Å². The van der Waals surface area contributed by atoms with Crippen LogP contribution in [0.1, 0.15) is 31.2 Å². The number of nitrogens with one attached hydrogen (secondary N) is 1. The Morgan fingerprint density at radius 1 is 1.00 bits per heavy atom. The van der Waals surface area contributed by atoms with Crippen molar-refractivity contribution in [1.82, 2.24) is 10.2 Å². The number of hydrogen-bond acceptors (Lipinski definition) is 3. The van der Waals surface area contributed by atoms with Gasteiger partial charge in [-0.05, 0) is 37.0 Å². The second-order valence-electron chi connectivity index (χ2n) is 6.36. The van der Waals surface area contributed by atoms with Crippen molar-refractivity contribution in [3.8, 4) is 0 Å². The first-order valence-corrected chi connectivity index (χ1v) is 8.57. The van der Waals surface area contributed by atoms with Crippen LogP contribution in [0.3, 0.4) is 0 Å². The van der Waals surface area contributed by atoms with Gasteiger partial charge in [-0.25, -0.2) is 0 Å². The van der Waals surface area contributed by atoms with Crippen molar-refractivity contribution < 1.29 is 14.4 Å². The molecule has 1 aromatic carbocycles. The summed E-state index contributed by atoms with van der Waals surface area (Å²) in [6, 6.07) is 7.48. The Balaban J connectivity index is 1.47. The Kier molecular flexibility index (Phi) is 5.13. The highest BCUT2D eigenvalue weighted by Gasteiger charge is 2.21. The molecular weight excluding hydrogens is 306 g/mol.